The highest BCUT2D eigenvalue weighted by Gasteiger charge is 2.02. The molecule has 5 nitrogen and oxygen atoms in total. The van der Waals surface area contributed by atoms with E-state index < -0.39 is 0 Å². The zero-order chi connectivity index (χ0) is 13.1. The van der Waals surface area contributed by atoms with E-state index in [1.807, 2.05) is 30.3 Å². The molecule has 1 aromatic carbocycles. The van der Waals surface area contributed by atoms with Crippen LogP contribution in [0.15, 0.2) is 53.6 Å². The molecule has 3 aromatic rings. The van der Waals surface area contributed by atoms with E-state index in [4.69, 9.17) is 0 Å². The fourth-order valence-corrected chi connectivity index (χ4v) is 1.86. The van der Waals surface area contributed by atoms with Crippen LogP contribution < -0.4 is 10.9 Å². The van der Waals surface area contributed by atoms with Gasteiger partial charge in [-0.15, -0.1) is 0 Å². The van der Waals surface area contributed by atoms with Gasteiger partial charge in [0, 0.05) is 18.9 Å². The van der Waals surface area contributed by atoms with Crippen LogP contribution in [0.5, 0.6) is 0 Å². The van der Waals surface area contributed by atoms with Gasteiger partial charge in [0.1, 0.15) is 0 Å². The predicted octanol–water partition coefficient (Wildman–Crippen LogP) is 1.93. The fraction of sp³-hybridized carbons (Fsp3) is 0.0714. The molecule has 0 fully saturated rings. The topological polar surface area (TPSA) is 70.7 Å². The number of aromatic nitrogens is 3. The van der Waals surface area contributed by atoms with Gasteiger partial charge in [0.15, 0.2) is 0 Å². The summed E-state index contributed by atoms with van der Waals surface area (Å²) in [5.74, 6) is 0.473. The quantitative estimate of drug-likeness (QED) is 0.747. The number of nitrogens with one attached hydrogen (secondary N) is 2. The Kier molecular flexibility index (Phi) is 2.94. The van der Waals surface area contributed by atoms with Crippen LogP contribution in [-0.2, 0) is 6.54 Å². The minimum atomic E-state index is -0.136. The molecule has 0 atom stereocenters. The largest absolute Gasteiger partial charge is 0.352 e. The lowest BCUT2D eigenvalue weighted by Crippen LogP contribution is -2.13. The molecule has 0 bridgehead atoms. The summed E-state index contributed by atoms with van der Waals surface area (Å²) >= 11 is 0. The van der Waals surface area contributed by atoms with Gasteiger partial charge >= 0.3 is 0 Å². The molecule has 3 rings (SSSR count). The van der Waals surface area contributed by atoms with Crippen molar-refractivity contribution in [1.29, 1.82) is 0 Å². The molecule has 0 saturated heterocycles. The Labute approximate surface area is 109 Å². The second-order valence-corrected chi connectivity index (χ2v) is 4.14. The van der Waals surface area contributed by atoms with Gasteiger partial charge in [-0.3, -0.25) is 14.8 Å². The first-order valence-corrected chi connectivity index (χ1v) is 5.95. The molecule has 0 saturated carbocycles. The Balaban J connectivity index is 1.88. The van der Waals surface area contributed by atoms with Crippen LogP contribution in [0.25, 0.3) is 10.9 Å². The van der Waals surface area contributed by atoms with Crippen LogP contribution >= 0.6 is 0 Å². The molecular weight excluding hydrogens is 240 g/mol. The third-order valence-electron chi connectivity index (χ3n) is 2.82. The summed E-state index contributed by atoms with van der Waals surface area (Å²) in [6.45, 7) is 0.587. The van der Waals surface area contributed by atoms with Gasteiger partial charge < -0.3 is 5.32 Å². The van der Waals surface area contributed by atoms with E-state index in [1.54, 1.807) is 18.5 Å². The molecule has 0 aliphatic carbocycles. The van der Waals surface area contributed by atoms with E-state index in [9.17, 15) is 4.79 Å². The fourth-order valence-electron chi connectivity index (χ4n) is 1.86. The number of anilines is 1. The highest BCUT2D eigenvalue weighted by Crippen LogP contribution is 2.08. The summed E-state index contributed by atoms with van der Waals surface area (Å²) in [6, 6.07) is 11.1. The zero-order valence-corrected chi connectivity index (χ0v) is 10.1. The SMILES string of the molecule is O=c1[nH]c(NCc2ccncc2)nc2ccccc12. The summed E-state index contributed by atoms with van der Waals surface area (Å²) < 4.78 is 0. The average molecular weight is 252 g/mol. The molecule has 0 radical (unpaired) electrons. The Morgan fingerprint density at radius 1 is 1.11 bits per heavy atom. The average Bonchev–Trinajstić information content (AvgIpc) is 2.46. The van der Waals surface area contributed by atoms with E-state index >= 15 is 0 Å². The van der Waals surface area contributed by atoms with Gasteiger partial charge in [0.2, 0.25) is 5.95 Å². The van der Waals surface area contributed by atoms with Gasteiger partial charge in [-0.05, 0) is 29.8 Å². The molecule has 0 amide bonds. The van der Waals surface area contributed by atoms with Crippen molar-refractivity contribution < 1.29 is 0 Å². The summed E-state index contributed by atoms with van der Waals surface area (Å²) in [5, 5.41) is 3.69. The first-order valence-electron chi connectivity index (χ1n) is 5.95. The maximum Gasteiger partial charge on any atom is 0.260 e. The van der Waals surface area contributed by atoms with E-state index in [1.165, 1.54) is 0 Å². The van der Waals surface area contributed by atoms with Crippen LogP contribution in [0.2, 0.25) is 0 Å². The van der Waals surface area contributed by atoms with Gasteiger partial charge in [-0.1, -0.05) is 12.1 Å². The highest BCUT2D eigenvalue weighted by molar-refractivity contribution is 5.78. The molecular formula is C14H12N4O. The van der Waals surface area contributed by atoms with Crippen molar-refractivity contribution in [3.05, 3.63) is 64.7 Å². The third-order valence-corrected chi connectivity index (χ3v) is 2.82. The van der Waals surface area contributed by atoms with Gasteiger partial charge in [0.25, 0.3) is 5.56 Å². The summed E-state index contributed by atoms with van der Waals surface area (Å²) in [4.78, 5) is 22.9. The Bertz CT molecular complexity index is 752. The maximum absolute atomic E-state index is 11.9. The molecule has 19 heavy (non-hydrogen) atoms. The number of hydrogen-bond acceptors (Lipinski definition) is 4. The van der Waals surface area contributed by atoms with Crippen molar-refractivity contribution in [2.45, 2.75) is 6.54 Å². The van der Waals surface area contributed by atoms with Crippen molar-refractivity contribution >= 4 is 16.9 Å². The van der Waals surface area contributed by atoms with E-state index in [2.05, 4.69) is 20.3 Å². The van der Waals surface area contributed by atoms with Crippen LogP contribution in [-0.4, -0.2) is 15.0 Å². The first-order chi connectivity index (χ1) is 9.33. The van der Waals surface area contributed by atoms with E-state index in [0.29, 0.717) is 23.4 Å². The summed E-state index contributed by atoms with van der Waals surface area (Å²) in [7, 11) is 0. The second-order valence-electron chi connectivity index (χ2n) is 4.14. The van der Waals surface area contributed by atoms with Crippen molar-refractivity contribution in [1.82, 2.24) is 15.0 Å². The Morgan fingerprint density at radius 3 is 2.74 bits per heavy atom. The lowest BCUT2D eigenvalue weighted by atomic mass is 10.2. The zero-order valence-electron chi connectivity index (χ0n) is 10.1. The molecule has 2 N–H and O–H groups in total. The summed E-state index contributed by atoms with van der Waals surface area (Å²) in [6.07, 6.45) is 3.46. The van der Waals surface area contributed by atoms with Gasteiger partial charge in [-0.2, -0.15) is 0 Å². The van der Waals surface area contributed by atoms with Crippen LogP contribution in [0.1, 0.15) is 5.56 Å². The normalized spacial score (nSPS) is 10.5. The molecule has 0 aliphatic rings. The molecule has 0 aliphatic heterocycles. The molecule has 5 heteroatoms. The summed E-state index contributed by atoms with van der Waals surface area (Å²) in [5.41, 5.74) is 1.62. The highest BCUT2D eigenvalue weighted by atomic mass is 16.1. The number of hydrogen-bond donors (Lipinski definition) is 2. The molecule has 2 aromatic heterocycles. The van der Waals surface area contributed by atoms with Gasteiger partial charge in [0.05, 0.1) is 10.9 Å². The molecule has 0 unspecified atom stereocenters. The second kappa shape index (κ2) is 4.89. The smallest absolute Gasteiger partial charge is 0.260 e. The van der Waals surface area contributed by atoms with Crippen LogP contribution in [0, 0.1) is 0 Å². The number of H-pyrrole nitrogens is 1. The number of fused-ring (bicyclic) bond motifs is 1. The van der Waals surface area contributed by atoms with Gasteiger partial charge in [-0.25, -0.2) is 4.98 Å². The number of benzene rings is 1. The maximum atomic E-state index is 11.9. The van der Waals surface area contributed by atoms with Crippen molar-refractivity contribution in [3.8, 4) is 0 Å². The number of para-hydroxylation sites is 1. The molecule has 94 valence electrons. The Morgan fingerprint density at radius 2 is 1.89 bits per heavy atom. The number of pyridine rings is 1. The Hall–Kier alpha value is -2.69. The molecule has 2 heterocycles. The predicted molar refractivity (Wildman–Crippen MR) is 73.9 cm³/mol. The van der Waals surface area contributed by atoms with Crippen LogP contribution in [0.3, 0.4) is 0 Å². The van der Waals surface area contributed by atoms with Crippen molar-refractivity contribution in [2.24, 2.45) is 0 Å². The van der Waals surface area contributed by atoms with E-state index in [-0.39, 0.29) is 5.56 Å². The third kappa shape index (κ3) is 2.44. The number of aromatic amines is 1. The lowest BCUT2D eigenvalue weighted by molar-refractivity contribution is 1.05. The first kappa shape index (κ1) is 11.4. The minimum absolute atomic E-state index is 0.136. The molecule has 0 spiro atoms. The monoisotopic (exact) mass is 252 g/mol. The lowest BCUT2D eigenvalue weighted by Gasteiger charge is -2.06. The van der Waals surface area contributed by atoms with Crippen LogP contribution in [0.4, 0.5) is 5.95 Å². The number of rotatable bonds is 3. The van der Waals surface area contributed by atoms with Crippen molar-refractivity contribution in [2.75, 3.05) is 5.32 Å². The minimum Gasteiger partial charge on any atom is -0.352 e. The van der Waals surface area contributed by atoms with Crippen molar-refractivity contribution in [3.63, 3.8) is 0 Å². The number of nitrogens with zero attached hydrogens (tertiary/aromatic N) is 2. The van der Waals surface area contributed by atoms with E-state index in [0.717, 1.165) is 5.56 Å². The standard InChI is InChI=1S/C14H12N4O/c19-13-11-3-1-2-4-12(11)17-14(18-13)16-9-10-5-7-15-8-6-10/h1-8H,9H2,(H2,16,17,18,19).